The van der Waals surface area contributed by atoms with E-state index in [-0.39, 0.29) is 0 Å². The molecular formula is C19H22N4OS. The van der Waals surface area contributed by atoms with Crippen molar-refractivity contribution in [1.29, 1.82) is 0 Å². The zero-order valence-corrected chi connectivity index (χ0v) is 15.6. The molecule has 1 saturated heterocycles. The first kappa shape index (κ1) is 16.1. The maximum Gasteiger partial charge on any atom is 0.142 e. The van der Waals surface area contributed by atoms with Gasteiger partial charge in [-0.05, 0) is 32.0 Å². The second-order valence-electron chi connectivity index (χ2n) is 6.32. The average Bonchev–Trinajstić information content (AvgIpc) is 3.01. The fourth-order valence-corrected chi connectivity index (χ4v) is 4.34. The molecule has 0 radical (unpaired) electrons. The predicted octanol–water partition coefficient (Wildman–Crippen LogP) is 3.64. The van der Waals surface area contributed by atoms with Crippen LogP contribution in [0.5, 0.6) is 5.75 Å². The third-order valence-corrected chi connectivity index (χ3v) is 5.56. The monoisotopic (exact) mass is 354 g/mol. The maximum absolute atomic E-state index is 5.51. The normalized spacial score (nSPS) is 15.0. The van der Waals surface area contributed by atoms with Gasteiger partial charge >= 0.3 is 0 Å². The van der Waals surface area contributed by atoms with E-state index in [1.165, 1.54) is 16.0 Å². The minimum absolute atomic E-state index is 0.844. The molecule has 0 saturated carbocycles. The van der Waals surface area contributed by atoms with Gasteiger partial charge in [0.15, 0.2) is 0 Å². The molecule has 6 heteroatoms. The number of hydrogen-bond acceptors (Lipinski definition) is 6. The number of fused-ring (bicyclic) bond motifs is 1. The van der Waals surface area contributed by atoms with Crippen molar-refractivity contribution in [2.24, 2.45) is 0 Å². The van der Waals surface area contributed by atoms with Gasteiger partial charge in [-0.15, -0.1) is 11.3 Å². The third kappa shape index (κ3) is 3.02. The molecular weight excluding hydrogens is 332 g/mol. The van der Waals surface area contributed by atoms with E-state index in [2.05, 4.69) is 39.9 Å². The van der Waals surface area contributed by atoms with Crippen molar-refractivity contribution in [1.82, 2.24) is 9.97 Å². The van der Waals surface area contributed by atoms with E-state index in [0.717, 1.165) is 48.4 Å². The summed E-state index contributed by atoms with van der Waals surface area (Å²) in [6, 6.07) is 10.4. The van der Waals surface area contributed by atoms with Gasteiger partial charge < -0.3 is 14.5 Å². The third-order valence-electron chi connectivity index (χ3n) is 4.61. The molecule has 25 heavy (non-hydrogen) atoms. The smallest absolute Gasteiger partial charge is 0.142 e. The van der Waals surface area contributed by atoms with E-state index in [9.17, 15) is 0 Å². The van der Waals surface area contributed by atoms with Crippen LogP contribution in [0.1, 0.15) is 10.7 Å². The molecule has 3 heterocycles. The standard InChI is InChI=1S/C19H22N4OS/c1-13-12-15-18(20-14(2)21-19(15)25-13)23-10-8-22(9-11-23)16-6-4-5-7-17(16)24-3/h4-7,12H,8-11H2,1-3H3. The molecule has 0 unspecified atom stereocenters. The molecule has 4 rings (SSSR count). The number of benzene rings is 1. The van der Waals surface area contributed by atoms with Gasteiger partial charge in [-0.3, -0.25) is 0 Å². The van der Waals surface area contributed by atoms with Crippen LogP contribution >= 0.6 is 11.3 Å². The zero-order valence-electron chi connectivity index (χ0n) is 14.8. The summed E-state index contributed by atoms with van der Waals surface area (Å²) in [5.74, 6) is 2.85. The van der Waals surface area contributed by atoms with Crippen molar-refractivity contribution >= 4 is 33.1 Å². The van der Waals surface area contributed by atoms with Crippen LogP contribution in [0.25, 0.3) is 10.2 Å². The van der Waals surface area contributed by atoms with Gasteiger partial charge in [-0.2, -0.15) is 0 Å². The molecule has 0 bridgehead atoms. The second kappa shape index (κ2) is 6.52. The van der Waals surface area contributed by atoms with Crippen molar-refractivity contribution < 1.29 is 4.74 Å². The predicted molar refractivity (Wildman–Crippen MR) is 104 cm³/mol. The van der Waals surface area contributed by atoms with Crippen LogP contribution in [0.15, 0.2) is 30.3 Å². The summed E-state index contributed by atoms with van der Waals surface area (Å²) in [4.78, 5) is 16.5. The second-order valence-corrected chi connectivity index (χ2v) is 7.55. The van der Waals surface area contributed by atoms with Crippen LogP contribution in [-0.4, -0.2) is 43.3 Å². The quantitative estimate of drug-likeness (QED) is 0.718. The number of ether oxygens (including phenoxy) is 1. The molecule has 0 amide bonds. The molecule has 0 spiro atoms. The van der Waals surface area contributed by atoms with Gasteiger partial charge in [0.05, 0.1) is 18.2 Å². The summed E-state index contributed by atoms with van der Waals surface area (Å²) in [6.45, 7) is 7.90. The summed E-state index contributed by atoms with van der Waals surface area (Å²) in [5, 5.41) is 1.18. The van der Waals surface area contributed by atoms with Gasteiger partial charge in [0.2, 0.25) is 0 Å². The number of hydrogen-bond donors (Lipinski definition) is 0. The summed E-state index contributed by atoms with van der Waals surface area (Å²) in [6.07, 6.45) is 0. The highest BCUT2D eigenvalue weighted by molar-refractivity contribution is 7.18. The molecule has 0 N–H and O–H groups in total. The molecule has 5 nitrogen and oxygen atoms in total. The maximum atomic E-state index is 5.51. The van der Waals surface area contributed by atoms with Gasteiger partial charge in [0.25, 0.3) is 0 Å². The Bertz CT molecular complexity index is 900. The van der Waals surface area contributed by atoms with Crippen LogP contribution in [0, 0.1) is 13.8 Å². The minimum Gasteiger partial charge on any atom is -0.495 e. The summed E-state index contributed by atoms with van der Waals surface area (Å²) in [7, 11) is 1.73. The van der Waals surface area contributed by atoms with E-state index in [0.29, 0.717) is 0 Å². The van der Waals surface area contributed by atoms with Crippen LogP contribution in [0.3, 0.4) is 0 Å². The van der Waals surface area contributed by atoms with Crippen LogP contribution < -0.4 is 14.5 Å². The molecule has 1 aliphatic rings. The lowest BCUT2D eigenvalue weighted by Gasteiger charge is -2.37. The summed E-state index contributed by atoms with van der Waals surface area (Å²) < 4.78 is 5.51. The number of methoxy groups -OCH3 is 1. The Morgan fingerprint density at radius 3 is 2.48 bits per heavy atom. The number of piperazine rings is 1. The highest BCUT2D eigenvalue weighted by Gasteiger charge is 2.22. The van der Waals surface area contributed by atoms with Crippen LogP contribution in [-0.2, 0) is 0 Å². The number of anilines is 2. The van der Waals surface area contributed by atoms with Gasteiger partial charge in [-0.25, -0.2) is 9.97 Å². The fraction of sp³-hybridized carbons (Fsp3) is 0.368. The lowest BCUT2D eigenvalue weighted by molar-refractivity contribution is 0.413. The van der Waals surface area contributed by atoms with E-state index in [1.807, 2.05) is 19.1 Å². The first-order valence-electron chi connectivity index (χ1n) is 8.53. The van der Waals surface area contributed by atoms with E-state index < -0.39 is 0 Å². The molecule has 0 aliphatic carbocycles. The first-order chi connectivity index (χ1) is 12.2. The van der Waals surface area contributed by atoms with E-state index >= 15 is 0 Å². The molecule has 0 atom stereocenters. The fourth-order valence-electron chi connectivity index (χ4n) is 3.42. The highest BCUT2D eigenvalue weighted by Crippen LogP contribution is 2.33. The number of thiophene rings is 1. The van der Waals surface area contributed by atoms with Gasteiger partial charge in [-0.1, -0.05) is 12.1 Å². The molecule has 2 aromatic heterocycles. The highest BCUT2D eigenvalue weighted by atomic mass is 32.1. The van der Waals surface area contributed by atoms with Crippen molar-refractivity contribution in [2.75, 3.05) is 43.1 Å². The SMILES string of the molecule is COc1ccccc1N1CCN(c2nc(C)nc3sc(C)cc23)CC1. The molecule has 130 valence electrons. The Morgan fingerprint density at radius 1 is 1.00 bits per heavy atom. The van der Waals surface area contributed by atoms with Crippen LogP contribution in [0.2, 0.25) is 0 Å². The average molecular weight is 354 g/mol. The molecule has 1 aromatic carbocycles. The van der Waals surface area contributed by atoms with Crippen molar-refractivity contribution in [3.8, 4) is 5.75 Å². The lowest BCUT2D eigenvalue weighted by Crippen LogP contribution is -2.47. The van der Waals surface area contributed by atoms with Crippen molar-refractivity contribution in [3.05, 3.63) is 41.0 Å². The number of aryl methyl sites for hydroxylation is 2. The Balaban J connectivity index is 1.58. The summed E-state index contributed by atoms with van der Waals surface area (Å²) >= 11 is 1.74. The lowest BCUT2D eigenvalue weighted by atomic mass is 10.2. The Morgan fingerprint density at radius 2 is 1.72 bits per heavy atom. The van der Waals surface area contributed by atoms with E-state index in [4.69, 9.17) is 9.72 Å². The summed E-state index contributed by atoms with van der Waals surface area (Å²) in [5.41, 5.74) is 1.17. The van der Waals surface area contributed by atoms with Crippen LogP contribution in [0.4, 0.5) is 11.5 Å². The number of nitrogens with zero attached hydrogens (tertiary/aromatic N) is 4. The Labute approximate surface area is 151 Å². The van der Waals surface area contributed by atoms with Gasteiger partial charge in [0.1, 0.15) is 22.2 Å². The Hall–Kier alpha value is -2.34. The molecule has 1 aliphatic heterocycles. The largest absolute Gasteiger partial charge is 0.495 e. The zero-order chi connectivity index (χ0) is 17.4. The topological polar surface area (TPSA) is 41.5 Å². The first-order valence-corrected chi connectivity index (χ1v) is 9.35. The van der Waals surface area contributed by atoms with Crippen molar-refractivity contribution in [2.45, 2.75) is 13.8 Å². The molecule has 1 fully saturated rings. The number of para-hydroxylation sites is 2. The van der Waals surface area contributed by atoms with Crippen molar-refractivity contribution in [3.63, 3.8) is 0 Å². The van der Waals surface area contributed by atoms with E-state index in [1.54, 1.807) is 18.4 Å². The number of rotatable bonds is 3. The Kier molecular flexibility index (Phi) is 4.21. The van der Waals surface area contributed by atoms with Gasteiger partial charge in [0, 0.05) is 31.1 Å². The number of aromatic nitrogens is 2. The minimum atomic E-state index is 0.844. The molecule has 3 aromatic rings.